The number of ether oxygens (including phenoxy) is 2. The van der Waals surface area contributed by atoms with Crippen LogP contribution in [-0.4, -0.2) is 34.5 Å². The molecule has 0 bridgehead atoms. The van der Waals surface area contributed by atoms with Crippen molar-refractivity contribution in [1.29, 1.82) is 0 Å². The van der Waals surface area contributed by atoms with Gasteiger partial charge in [0, 0.05) is 13.0 Å². The molecule has 1 aromatic carbocycles. The van der Waals surface area contributed by atoms with Gasteiger partial charge in [0.25, 0.3) is 0 Å². The highest BCUT2D eigenvalue weighted by Gasteiger charge is 2.19. The van der Waals surface area contributed by atoms with Gasteiger partial charge in [-0.2, -0.15) is 0 Å². The van der Waals surface area contributed by atoms with Crippen molar-refractivity contribution in [2.75, 3.05) is 19.8 Å². The van der Waals surface area contributed by atoms with Crippen molar-refractivity contribution in [3.63, 3.8) is 0 Å². The Labute approximate surface area is 125 Å². The van der Waals surface area contributed by atoms with E-state index in [-0.39, 0.29) is 6.29 Å². The maximum atomic E-state index is 12.3. The van der Waals surface area contributed by atoms with E-state index in [1.54, 1.807) is 12.1 Å². The molecule has 0 saturated carbocycles. The molecule has 21 heavy (non-hydrogen) atoms. The highest BCUT2D eigenvalue weighted by atomic mass is 32.2. The fourth-order valence-electron chi connectivity index (χ4n) is 2.81. The number of benzene rings is 1. The van der Waals surface area contributed by atoms with Crippen LogP contribution in [0.3, 0.4) is 0 Å². The van der Waals surface area contributed by atoms with Crippen molar-refractivity contribution < 1.29 is 17.9 Å². The van der Waals surface area contributed by atoms with Gasteiger partial charge in [-0.15, -0.1) is 0 Å². The summed E-state index contributed by atoms with van der Waals surface area (Å²) in [4.78, 5) is 0.355. The average Bonchev–Trinajstić information content (AvgIpc) is 2.95. The van der Waals surface area contributed by atoms with Gasteiger partial charge in [-0.1, -0.05) is 6.07 Å². The second-order valence-corrected chi connectivity index (χ2v) is 7.26. The van der Waals surface area contributed by atoms with E-state index in [1.165, 1.54) is 5.56 Å². The molecule has 1 saturated heterocycles. The fourth-order valence-corrected chi connectivity index (χ4v) is 3.91. The van der Waals surface area contributed by atoms with Gasteiger partial charge in [-0.05, 0) is 48.9 Å². The topological polar surface area (TPSA) is 64.6 Å². The lowest BCUT2D eigenvalue weighted by Crippen LogP contribution is -2.31. The smallest absolute Gasteiger partial charge is 0.240 e. The lowest BCUT2D eigenvalue weighted by molar-refractivity contribution is -0.180. The van der Waals surface area contributed by atoms with Gasteiger partial charge in [0.1, 0.15) is 0 Å². The van der Waals surface area contributed by atoms with E-state index in [0.29, 0.717) is 31.1 Å². The van der Waals surface area contributed by atoms with Crippen LogP contribution in [0.5, 0.6) is 0 Å². The minimum atomic E-state index is -3.44. The molecule has 5 nitrogen and oxygen atoms in total. The Morgan fingerprint density at radius 1 is 1.10 bits per heavy atom. The van der Waals surface area contributed by atoms with Crippen LogP contribution in [0.1, 0.15) is 30.4 Å². The van der Waals surface area contributed by atoms with Gasteiger partial charge in [0.2, 0.25) is 10.0 Å². The molecule has 1 aliphatic heterocycles. The summed E-state index contributed by atoms with van der Waals surface area (Å²) >= 11 is 0. The summed E-state index contributed by atoms with van der Waals surface area (Å²) in [6, 6.07) is 5.43. The monoisotopic (exact) mass is 311 g/mol. The number of sulfonamides is 1. The minimum absolute atomic E-state index is 0.290. The summed E-state index contributed by atoms with van der Waals surface area (Å²) in [5.74, 6) is 0. The van der Waals surface area contributed by atoms with Gasteiger partial charge in [0.15, 0.2) is 6.29 Å². The molecule has 116 valence electrons. The minimum Gasteiger partial charge on any atom is -0.353 e. The van der Waals surface area contributed by atoms with Crippen molar-refractivity contribution in [2.24, 2.45) is 0 Å². The molecule has 0 unspecified atom stereocenters. The number of fused-ring (bicyclic) bond motifs is 1. The van der Waals surface area contributed by atoms with E-state index >= 15 is 0 Å². The van der Waals surface area contributed by atoms with E-state index in [1.807, 2.05) is 6.07 Å². The summed E-state index contributed by atoms with van der Waals surface area (Å²) in [6.07, 6.45) is 4.29. The molecule has 1 fully saturated rings. The predicted molar refractivity (Wildman–Crippen MR) is 78.6 cm³/mol. The lowest BCUT2D eigenvalue weighted by Gasteiger charge is -2.23. The molecule has 6 heteroatoms. The molecular formula is C15H21NO4S. The van der Waals surface area contributed by atoms with Gasteiger partial charge in [-0.3, -0.25) is 0 Å². The Kier molecular flexibility index (Phi) is 4.59. The van der Waals surface area contributed by atoms with Crippen LogP contribution in [0.25, 0.3) is 0 Å². The largest absolute Gasteiger partial charge is 0.353 e. The Bertz CT molecular complexity index is 594. The van der Waals surface area contributed by atoms with E-state index in [9.17, 15) is 8.42 Å². The third-order valence-corrected chi connectivity index (χ3v) is 5.41. The number of hydrogen-bond donors (Lipinski definition) is 1. The maximum Gasteiger partial charge on any atom is 0.240 e. The zero-order chi connectivity index (χ0) is 14.7. The first kappa shape index (κ1) is 15.0. The molecule has 0 amide bonds. The van der Waals surface area contributed by atoms with Gasteiger partial charge in [-0.25, -0.2) is 13.1 Å². The zero-order valence-corrected chi connectivity index (χ0v) is 12.8. The SMILES string of the molecule is O=S(=O)(NCCC1OCCCO1)c1ccc2c(c1)CCC2. The summed E-state index contributed by atoms with van der Waals surface area (Å²) in [7, 11) is -3.44. The normalized spacial score (nSPS) is 19.6. The highest BCUT2D eigenvalue weighted by Crippen LogP contribution is 2.24. The first-order chi connectivity index (χ1) is 10.1. The predicted octanol–water partition coefficient (Wildman–Crippen LogP) is 1.61. The average molecular weight is 311 g/mol. The maximum absolute atomic E-state index is 12.3. The molecule has 1 heterocycles. The summed E-state index contributed by atoms with van der Waals surface area (Å²) < 4.78 is 38.0. The molecule has 0 atom stereocenters. The van der Waals surface area contributed by atoms with Crippen molar-refractivity contribution in [1.82, 2.24) is 4.72 Å². The third kappa shape index (κ3) is 3.63. The van der Waals surface area contributed by atoms with E-state index in [2.05, 4.69) is 4.72 Å². The Morgan fingerprint density at radius 3 is 2.67 bits per heavy atom. The van der Waals surface area contributed by atoms with Crippen LogP contribution in [0, 0.1) is 0 Å². The van der Waals surface area contributed by atoms with Crippen LogP contribution in [0.2, 0.25) is 0 Å². The van der Waals surface area contributed by atoms with Crippen molar-refractivity contribution in [3.05, 3.63) is 29.3 Å². The molecule has 0 radical (unpaired) electrons. The van der Waals surface area contributed by atoms with Gasteiger partial charge >= 0.3 is 0 Å². The van der Waals surface area contributed by atoms with E-state index < -0.39 is 10.0 Å². The molecule has 2 aliphatic rings. The van der Waals surface area contributed by atoms with Crippen LogP contribution in [-0.2, 0) is 32.3 Å². The molecule has 1 aromatic rings. The Balaban J connectivity index is 1.58. The standard InChI is InChI=1S/C15H21NO4S/c17-21(18,16-8-7-15-19-9-2-10-20-15)14-6-5-12-3-1-4-13(12)11-14/h5-6,11,15-16H,1-4,7-10H2. The van der Waals surface area contributed by atoms with Crippen molar-refractivity contribution >= 4 is 10.0 Å². The Morgan fingerprint density at radius 2 is 1.86 bits per heavy atom. The van der Waals surface area contributed by atoms with E-state index in [4.69, 9.17) is 9.47 Å². The van der Waals surface area contributed by atoms with Crippen LogP contribution in [0.4, 0.5) is 0 Å². The van der Waals surface area contributed by atoms with Crippen molar-refractivity contribution in [3.8, 4) is 0 Å². The molecular weight excluding hydrogens is 290 g/mol. The number of hydrogen-bond acceptors (Lipinski definition) is 4. The van der Waals surface area contributed by atoms with Gasteiger partial charge < -0.3 is 9.47 Å². The van der Waals surface area contributed by atoms with Gasteiger partial charge in [0.05, 0.1) is 18.1 Å². The molecule has 1 N–H and O–H groups in total. The van der Waals surface area contributed by atoms with Crippen LogP contribution >= 0.6 is 0 Å². The first-order valence-corrected chi connectivity index (χ1v) is 8.98. The molecule has 1 aliphatic carbocycles. The number of aryl methyl sites for hydroxylation is 2. The van der Waals surface area contributed by atoms with Crippen LogP contribution in [0.15, 0.2) is 23.1 Å². The number of rotatable bonds is 5. The molecule has 0 spiro atoms. The van der Waals surface area contributed by atoms with Crippen molar-refractivity contribution in [2.45, 2.75) is 43.3 Å². The Hall–Kier alpha value is -0.950. The zero-order valence-electron chi connectivity index (χ0n) is 12.0. The molecule has 3 rings (SSSR count). The molecule has 0 aromatic heterocycles. The third-order valence-electron chi connectivity index (χ3n) is 3.95. The summed E-state index contributed by atoms with van der Waals surface area (Å²) in [5, 5.41) is 0. The second-order valence-electron chi connectivity index (χ2n) is 5.50. The lowest BCUT2D eigenvalue weighted by atomic mass is 10.1. The summed E-state index contributed by atoms with van der Waals surface area (Å²) in [6.45, 7) is 1.69. The highest BCUT2D eigenvalue weighted by molar-refractivity contribution is 7.89. The van der Waals surface area contributed by atoms with E-state index in [0.717, 1.165) is 31.2 Å². The quantitative estimate of drug-likeness (QED) is 0.897. The second kappa shape index (κ2) is 6.44. The van der Waals surface area contributed by atoms with Crippen LogP contribution < -0.4 is 4.72 Å². The fraction of sp³-hybridized carbons (Fsp3) is 0.600. The summed E-state index contributed by atoms with van der Waals surface area (Å²) in [5.41, 5.74) is 2.44. The number of nitrogens with one attached hydrogen (secondary N) is 1. The first-order valence-electron chi connectivity index (χ1n) is 7.50.